The number of pyridine rings is 1. The standard InChI is InChI=1S/C34H38N8O2/c1-42-21-28(20-40-42)26-11-12-29(36-18-26)31(33(43)38-17-24-5-3-2-4-6-24)25-9-7-23(8-10-25)15-30-37-19-27(16-35)32(41-30)39-22-34(44)13-14-34/h2-6,11-12,18-21,23,25,31,44H,7-10,13-15,17,22H2,1H3,(H,38,43)(H,37,39,41). The maximum atomic E-state index is 13.7. The SMILES string of the molecule is Cn1cc(-c2ccc(C(C(=O)NCc3ccccc3)C3CCC(Cc4ncc(C#N)c(NCC5(O)CC5)n4)CC3)nc2)cn1. The molecule has 4 aromatic rings. The number of nitrogens with one attached hydrogen (secondary N) is 2. The summed E-state index contributed by atoms with van der Waals surface area (Å²) in [6.45, 7) is 0.858. The minimum Gasteiger partial charge on any atom is -0.388 e. The van der Waals surface area contributed by atoms with Crippen LogP contribution < -0.4 is 10.6 Å². The molecule has 0 spiro atoms. The highest BCUT2D eigenvalue weighted by Gasteiger charge is 2.40. The van der Waals surface area contributed by atoms with E-state index in [0.717, 1.165) is 60.9 Å². The van der Waals surface area contributed by atoms with E-state index in [4.69, 9.17) is 4.98 Å². The van der Waals surface area contributed by atoms with Gasteiger partial charge in [-0.25, -0.2) is 9.97 Å². The predicted octanol–water partition coefficient (Wildman–Crippen LogP) is 4.53. The van der Waals surface area contributed by atoms with Gasteiger partial charge in [0.25, 0.3) is 0 Å². The molecule has 1 unspecified atom stereocenters. The molecule has 6 rings (SSSR count). The molecular formula is C34H38N8O2. The number of hydrogen-bond acceptors (Lipinski definition) is 8. The van der Waals surface area contributed by atoms with Gasteiger partial charge in [-0.3, -0.25) is 14.5 Å². The van der Waals surface area contributed by atoms with Gasteiger partial charge in [-0.15, -0.1) is 0 Å². The van der Waals surface area contributed by atoms with Gasteiger partial charge >= 0.3 is 0 Å². The lowest BCUT2D eigenvalue weighted by Crippen LogP contribution is -2.35. The second-order valence-electron chi connectivity index (χ2n) is 12.3. The first-order valence-corrected chi connectivity index (χ1v) is 15.4. The molecule has 3 N–H and O–H groups in total. The Balaban J connectivity index is 1.13. The fraction of sp³-hybridized carbons (Fsp3) is 0.412. The number of hydrogen-bond donors (Lipinski definition) is 3. The molecule has 10 nitrogen and oxygen atoms in total. The van der Waals surface area contributed by atoms with Crippen LogP contribution in [0.2, 0.25) is 0 Å². The van der Waals surface area contributed by atoms with Gasteiger partial charge in [0.15, 0.2) is 0 Å². The quantitative estimate of drug-likeness (QED) is 0.231. The first-order valence-electron chi connectivity index (χ1n) is 15.4. The van der Waals surface area contributed by atoms with Crippen LogP contribution in [-0.4, -0.2) is 47.9 Å². The van der Waals surface area contributed by atoms with E-state index in [2.05, 4.69) is 31.8 Å². The lowest BCUT2D eigenvalue weighted by Gasteiger charge is -2.33. The van der Waals surface area contributed by atoms with Crippen molar-refractivity contribution in [1.29, 1.82) is 5.26 Å². The van der Waals surface area contributed by atoms with Gasteiger partial charge < -0.3 is 15.7 Å². The van der Waals surface area contributed by atoms with Crippen molar-refractivity contribution < 1.29 is 9.90 Å². The van der Waals surface area contributed by atoms with E-state index in [1.54, 1.807) is 10.9 Å². The molecule has 0 bridgehead atoms. The normalized spacial score (nSPS) is 19.5. The Labute approximate surface area is 257 Å². The molecule has 3 aromatic heterocycles. The summed E-state index contributed by atoms with van der Waals surface area (Å²) in [6.07, 6.45) is 13.1. The molecule has 44 heavy (non-hydrogen) atoms. The van der Waals surface area contributed by atoms with E-state index in [1.807, 2.05) is 68.1 Å². The Kier molecular flexibility index (Phi) is 8.66. The molecule has 0 radical (unpaired) electrons. The number of carbonyl (C=O) groups excluding carboxylic acids is 1. The molecule has 1 aromatic carbocycles. The van der Waals surface area contributed by atoms with Crippen LogP contribution in [0.1, 0.15) is 67.1 Å². The maximum Gasteiger partial charge on any atom is 0.229 e. The van der Waals surface area contributed by atoms with Crippen LogP contribution in [0.3, 0.4) is 0 Å². The molecule has 1 atom stereocenters. The third-order valence-corrected chi connectivity index (χ3v) is 8.94. The summed E-state index contributed by atoms with van der Waals surface area (Å²) in [5.74, 6) is 1.39. The van der Waals surface area contributed by atoms with Crippen molar-refractivity contribution in [2.75, 3.05) is 11.9 Å². The Morgan fingerprint density at radius 3 is 2.52 bits per heavy atom. The first-order chi connectivity index (χ1) is 21.4. The van der Waals surface area contributed by atoms with Crippen LogP contribution in [0.15, 0.2) is 67.3 Å². The van der Waals surface area contributed by atoms with Gasteiger partial charge in [0.1, 0.15) is 23.3 Å². The van der Waals surface area contributed by atoms with Crippen molar-refractivity contribution in [3.63, 3.8) is 0 Å². The number of nitriles is 1. The molecule has 2 aliphatic carbocycles. The molecule has 226 valence electrons. The molecular weight excluding hydrogens is 552 g/mol. The third kappa shape index (κ3) is 7.12. The lowest BCUT2D eigenvalue weighted by atomic mass is 9.73. The van der Waals surface area contributed by atoms with Gasteiger partial charge in [0, 0.05) is 50.1 Å². The van der Waals surface area contributed by atoms with Gasteiger partial charge in [-0.1, -0.05) is 36.4 Å². The lowest BCUT2D eigenvalue weighted by molar-refractivity contribution is -0.124. The zero-order valence-corrected chi connectivity index (χ0v) is 25.0. The second-order valence-corrected chi connectivity index (χ2v) is 12.3. The molecule has 2 fully saturated rings. The summed E-state index contributed by atoms with van der Waals surface area (Å²) >= 11 is 0. The fourth-order valence-corrected chi connectivity index (χ4v) is 6.10. The van der Waals surface area contributed by atoms with Gasteiger partial charge in [-0.05, 0) is 62.0 Å². The number of anilines is 1. The second kappa shape index (κ2) is 12.9. The molecule has 1 amide bonds. The number of carbonyl (C=O) groups is 1. The largest absolute Gasteiger partial charge is 0.388 e. The Morgan fingerprint density at radius 2 is 1.86 bits per heavy atom. The van der Waals surface area contributed by atoms with Crippen LogP contribution >= 0.6 is 0 Å². The smallest absolute Gasteiger partial charge is 0.229 e. The third-order valence-electron chi connectivity index (χ3n) is 8.94. The summed E-state index contributed by atoms with van der Waals surface area (Å²) in [5.41, 5.74) is 3.50. The number of aliphatic hydroxyl groups is 1. The van der Waals surface area contributed by atoms with Crippen LogP contribution in [0.5, 0.6) is 0 Å². The monoisotopic (exact) mass is 590 g/mol. The zero-order chi connectivity index (χ0) is 30.5. The average Bonchev–Trinajstić information content (AvgIpc) is 3.64. The van der Waals surface area contributed by atoms with E-state index in [9.17, 15) is 15.2 Å². The topological polar surface area (TPSA) is 142 Å². The van der Waals surface area contributed by atoms with Crippen molar-refractivity contribution >= 4 is 11.7 Å². The molecule has 0 aliphatic heterocycles. The predicted molar refractivity (Wildman–Crippen MR) is 166 cm³/mol. The Hall–Kier alpha value is -4.62. The van der Waals surface area contributed by atoms with Crippen molar-refractivity contribution in [3.8, 4) is 17.2 Å². The van der Waals surface area contributed by atoms with Gasteiger partial charge in [-0.2, -0.15) is 10.4 Å². The summed E-state index contributed by atoms with van der Waals surface area (Å²) in [5, 5.41) is 30.3. The van der Waals surface area contributed by atoms with Crippen molar-refractivity contribution in [2.45, 2.75) is 63.0 Å². The maximum absolute atomic E-state index is 13.7. The highest BCUT2D eigenvalue weighted by atomic mass is 16.3. The number of amides is 1. The number of rotatable bonds is 11. The minimum absolute atomic E-state index is 0.00221. The Morgan fingerprint density at radius 1 is 1.07 bits per heavy atom. The van der Waals surface area contributed by atoms with Crippen molar-refractivity contribution in [3.05, 3.63) is 89.9 Å². The van der Waals surface area contributed by atoms with E-state index in [-0.39, 0.29) is 17.7 Å². The highest BCUT2D eigenvalue weighted by molar-refractivity contribution is 5.83. The van der Waals surface area contributed by atoms with E-state index >= 15 is 0 Å². The van der Waals surface area contributed by atoms with Gasteiger partial charge in [0.05, 0.1) is 29.6 Å². The summed E-state index contributed by atoms with van der Waals surface area (Å²) < 4.78 is 1.76. The minimum atomic E-state index is -0.686. The van der Waals surface area contributed by atoms with Crippen molar-refractivity contribution in [2.24, 2.45) is 18.9 Å². The van der Waals surface area contributed by atoms with Crippen LogP contribution in [-0.2, 0) is 24.8 Å². The summed E-state index contributed by atoms with van der Waals surface area (Å²) in [6, 6.07) is 16.1. The number of benzene rings is 1. The summed E-state index contributed by atoms with van der Waals surface area (Å²) in [7, 11) is 1.89. The summed E-state index contributed by atoms with van der Waals surface area (Å²) in [4.78, 5) is 27.7. The number of aromatic nitrogens is 5. The number of aryl methyl sites for hydroxylation is 1. The molecule has 3 heterocycles. The van der Waals surface area contributed by atoms with E-state index in [1.165, 1.54) is 0 Å². The van der Waals surface area contributed by atoms with E-state index in [0.29, 0.717) is 42.6 Å². The first kappa shape index (κ1) is 29.5. The molecule has 2 aliphatic rings. The molecule has 10 heteroatoms. The average molecular weight is 591 g/mol. The molecule has 0 saturated heterocycles. The van der Waals surface area contributed by atoms with E-state index < -0.39 is 5.60 Å². The highest BCUT2D eigenvalue weighted by Crippen LogP contribution is 2.39. The van der Waals surface area contributed by atoms with Crippen LogP contribution in [0.25, 0.3) is 11.1 Å². The van der Waals surface area contributed by atoms with Crippen molar-refractivity contribution in [1.82, 2.24) is 30.0 Å². The van der Waals surface area contributed by atoms with Crippen LogP contribution in [0.4, 0.5) is 5.82 Å². The van der Waals surface area contributed by atoms with Gasteiger partial charge in [0.2, 0.25) is 5.91 Å². The zero-order valence-electron chi connectivity index (χ0n) is 25.0. The fourth-order valence-electron chi connectivity index (χ4n) is 6.10. The van der Waals surface area contributed by atoms with Crippen LogP contribution in [0, 0.1) is 23.2 Å². The molecule has 2 saturated carbocycles. The Bertz CT molecular complexity index is 1620. The number of nitrogens with zero attached hydrogens (tertiary/aromatic N) is 6.